The number of nitrogens with zero attached hydrogens (tertiary/aromatic N) is 2. The summed E-state index contributed by atoms with van der Waals surface area (Å²) in [6.45, 7) is 11.2. The molecule has 1 aliphatic rings. The summed E-state index contributed by atoms with van der Waals surface area (Å²) in [4.78, 5) is 24.6. The van der Waals surface area contributed by atoms with Crippen LogP contribution >= 0.6 is 0 Å². The zero-order chi connectivity index (χ0) is 19.5. The second kappa shape index (κ2) is 8.03. The molecule has 2 rings (SSSR count). The first-order chi connectivity index (χ1) is 12.1. The molecule has 7 heteroatoms. The first-order valence-electron chi connectivity index (χ1n) is 9.02. The molecule has 0 aliphatic carbocycles. The molecule has 0 unspecified atom stereocenters. The fraction of sp³-hybridized carbons (Fsp3) is 0.632. The molecule has 1 amide bonds. The van der Waals surface area contributed by atoms with Crippen LogP contribution in [0, 0.1) is 24.0 Å². The standard InChI is InChI=1S/C19H29N3O4/c1-13-10-14(2)17(22(24)25)11-15(13)12-20-16-6-8-21(9-7-16)18(23)26-19(3,4)5/h10-11,16,20H,6-9,12H2,1-5H3. The van der Waals surface area contributed by atoms with Gasteiger partial charge in [-0.15, -0.1) is 0 Å². The van der Waals surface area contributed by atoms with Crippen LogP contribution in [0.15, 0.2) is 12.1 Å². The predicted octanol–water partition coefficient (Wildman–Crippen LogP) is 3.70. The van der Waals surface area contributed by atoms with E-state index >= 15 is 0 Å². The van der Waals surface area contributed by atoms with Crippen LogP contribution in [-0.4, -0.2) is 40.6 Å². The Labute approximate surface area is 154 Å². The van der Waals surface area contributed by atoms with Crippen LogP contribution in [0.4, 0.5) is 10.5 Å². The van der Waals surface area contributed by atoms with Crippen molar-refractivity contribution in [3.63, 3.8) is 0 Å². The first-order valence-corrected chi connectivity index (χ1v) is 9.02. The van der Waals surface area contributed by atoms with E-state index in [1.165, 1.54) is 0 Å². The maximum atomic E-state index is 12.1. The van der Waals surface area contributed by atoms with Crippen LogP contribution in [0.25, 0.3) is 0 Å². The number of nitro groups is 1. The lowest BCUT2D eigenvalue weighted by Crippen LogP contribution is -2.46. The van der Waals surface area contributed by atoms with Crippen LogP contribution in [0.1, 0.15) is 50.3 Å². The van der Waals surface area contributed by atoms with E-state index in [9.17, 15) is 14.9 Å². The minimum absolute atomic E-state index is 0.159. The number of aryl methyl sites for hydroxylation is 2. The van der Waals surface area contributed by atoms with Gasteiger partial charge >= 0.3 is 6.09 Å². The maximum absolute atomic E-state index is 12.1. The number of hydrogen-bond donors (Lipinski definition) is 1. The van der Waals surface area contributed by atoms with Crippen molar-refractivity contribution in [2.24, 2.45) is 0 Å². The van der Waals surface area contributed by atoms with Gasteiger partial charge in [0.15, 0.2) is 0 Å². The van der Waals surface area contributed by atoms with Crippen molar-refractivity contribution in [1.29, 1.82) is 0 Å². The van der Waals surface area contributed by atoms with Gasteiger partial charge in [-0.05, 0) is 64.7 Å². The maximum Gasteiger partial charge on any atom is 0.410 e. The number of amides is 1. The van der Waals surface area contributed by atoms with Gasteiger partial charge in [0.1, 0.15) is 5.60 Å². The molecule has 7 nitrogen and oxygen atoms in total. The van der Waals surface area contributed by atoms with E-state index in [2.05, 4.69) is 5.32 Å². The Hall–Kier alpha value is -2.15. The smallest absolute Gasteiger partial charge is 0.410 e. The summed E-state index contributed by atoms with van der Waals surface area (Å²) in [7, 11) is 0. The Bertz CT molecular complexity index is 674. The molecule has 0 spiro atoms. The van der Waals surface area contributed by atoms with Gasteiger partial charge in [0.25, 0.3) is 5.69 Å². The molecule has 1 aromatic rings. The van der Waals surface area contributed by atoms with Crippen LogP contribution in [0.2, 0.25) is 0 Å². The van der Waals surface area contributed by atoms with Gasteiger partial charge < -0.3 is 15.0 Å². The third-order valence-electron chi connectivity index (χ3n) is 4.58. The number of hydrogen-bond acceptors (Lipinski definition) is 5. The molecular weight excluding hydrogens is 334 g/mol. The average molecular weight is 363 g/mol. The van der Waals surface area contributed by atoms with Crippen molar-refractivity contribution >= 4 is 11.8 Å². The van der Waals surface area contributed by atoms with Gasteiger partial charge in [-0.1, -0.05) is 0 Å². The number of piperidine rings is 1. The van der Waals surface area contributed by atoms with Gasteiger partial charge in [-0.3, -0.25) is 10.1 Å². The Kier molecular flexibility index (Phi) is 6.23. The lowest BCUT2D eigenvalue weighted by Gasteiger charge is -2.33. The summed E-state index contributed by atoms with van der Waals surface area (Å²) in [5.74, 6) is 0. The molecule has 1 heterocycles. The highest BCUT2D eigenvalue weighted by atomic mass is 16.6. The van der Waals surface area contributed by atoms with E-state index in [1.807, 2.05) is 33.8 Å². The molecule has 0 bridgehead atoms. The summed E-state index contributed by atoms with van der Waals surface area (Å²) < 4.78 is 5.41. The zero-order valence-corrected chi connectivity index (χ0v) is 16.3. The molecule has 144 valence electrons. The number of likely N-dealkylation sites (tertiary alicyclic amines) is 1. The highest BCUT2D eigenvalue weighted by Gasteiger charge is 2.26. The van der Waals surface area contributed by atoms with Crippen molar-refractivity contribution in [3.8, 4) is 0 Å². The lowest BCUT2D eigenvalue weighted by molar-refractivity contribution is -0.385. The van der Waals surface area contributed by atoms with Gasteiger partial charge in [0.05, 0.1) is 4.92 Å². The van der Waals surface area contributed by atoms with Gasteiger partial charge in [-0.25, -0.2) is 4.79 Å². The van der Waals surface area contributed by atoms with E-state index < -0.39 is 5.60 Å². The topological polar surface area (TPSA) is 84.7 Å². The van der Waals surface area contributed by atoms with Crippen molar-refractivity contribution in [2.75, 3.05) is 13.1 Å². The van der Waals surface area contributed by atoms with E-state index in [4.69, 9.17) is 4.74 Å². The Morgan fingerprint density at radius 3 is 2.42 bits per heavy atom. The van der Waals surface area contributed by atoms with Crippen LogP contribution < -0.4 is 5.32 Å². The quantitative estimate of drug-likeness (QED) is 0.651. The molecule has 0 saturated carbocycles. The monoisotopic (exact) mass is 363 g/mol. The number of carbonyl (C=O) groups is 1. The van der Waals surface area contributed by atoms with E-state index in [0.717, 1.165) is 24.0 Å². The number of ether oxygens (including phenoxy) is 1. The van der Waals surface area contributed by atoms with Crippen molar-refractivity contribution in [2.45, 2.75) is 65.6 Å². The van der Waals surface area contributed by atoms with Crippen LogP contribution in [0.5, 0.6) is 0 Å². The second-order valence-corrected chi connectivity index (χ2v) is 7.94. The first kappa shape index (κ1) is 20.2. The highest BCUT2D eigenvalue weighted by Crippen LogP contribution is 2.23. The number of benzene rings is 1. The van der Waals surface area contributed by atoms with Gasteiger partial charge in [-0.2, -0.15) is 0 Å². The third-order valence-corrected chi connectivity index (χ3v) is 4.58. The number of rotatable bonds is 4. The SMILES string of the molecule is Cc1cc(C)c([N+](=O)[O-])cc1CNC1CCN(C(=O)OC(C)(C)C)CC1. The minimum Gasteiger partial charge on any atom is -0.444 e. The summed E-state index contributed by atoms with van der Waals surface area (Å²) in [6.07, 6.45) is 1.42. The van der Waals surface area contributed by atoms with Gasteiger partial charge in [0.2, 0.25) is 0 Å². The molecule has 1 N–H and O–H groups in total. The normalized spacial score (nSPS) is 15.8. The average Bonchev–Trinajstić information content (AvgIpc) is 2.52. The fourth-order valence-corrected chi connectivity index (χ4v) is 3.12. The lowest BCUT2D eigenvalue weighted by atomic mass is 10.0. The predicted molar refractivity (Wildman–Crippen MR) is 100 cm³/mol. The Balaban J connectivity index is 1.88. The van der Waals surface area contributed by atoms with Gasteiger partial charge in [0, 0.05) is 37.3 Å². The van der Waals surface area contributed by atoms with Crippen LogP contribution in [0.3, 0.4) is 0 Å². The number of nitro benzene ring substituents is 1. The largest absolute Gasteiger partial charge is 0.444 e. The summed E-state index contributed by atoms with van der Waals surface area (Å²) in [5, 5.41) is 14.6. The van der Waals surface area contributed by atoms with Crippen LogP contribution in [-0.2, 0) is 11.3 Å². The van der Waals surface area contributed by atoms with Crippen molar-refractivity contribution in [3.05, 3.63) is 38.9 Å². The molecule has 1 aliphatic heterocycles. The summed E-state index contributed by atoms with van der Waals surface area (Å²) >= 11 is 0. The third kappa shape index (κ3) is 5.42. The van der Waals surface area contributed by atoms with Crippen molar-refractivity contribution < 1.29 is 14.5 Å². The zero-order valence-electron chi connectivity index (χ0n) is 16.3. The van der Waals surface area contributed by atoms with E-state index in [1.54, 1.807) is 17.9 Å². The molecule has 1 saturated heterocycles. The molecular formula is C19H29N3O4. The minimum atomic E-state index is -0.482. The number of nitrogens with one attached hydrogen (secondary N) is 1. The van der Waals surface area contributed by atoms with E-state index in [0.29, 0.717) is 25.2 Å². The molecule has 0 radical (unpaired) electrons. The Morgan fingerprint density at radius 1 is 1.27 bits per heavy atom. The number of carbonyl (C=O) groups excluding carboxylic acids is 1. The molecule has 1 aromatic carbocycles. The summed E-state index contributed by atoms with van der Waals surface area (Å²) in [5.41, 5.74) is 2.35. The Morgan fingerprint density at radius 2 is 1.88 bits per heavy atom. The van der Waals surface area contributed by atoms with Crippen molar-refractivity contribution in [1.82, 2.24) is 10.2 Å². The second-order valence-electron chi connectivity index (χ2n) is 7.94. The molecule has 1 fully saturated rings. The fourth-order valence-electron chi connectivity index (χ4n) is 3.12. The molecule has 0 aromatic heterocycles. The van der Waals surface area contributed by atoms with E-state index in [-0.39, 0.29) is 22.7 Å². The molecule has 26 heavy (non-hydrogen) atoms. The highest BCUT2D eigenvalue weighted by molar-refractivity contribution is 5.68. The molecule has 0 atom stereocenters. The summed E-state index contributed by atoms with van der Waals surface area (Å²) in [6, 6.07) is 3.81.